The predicted molar refractivity (Wildman–Crippen MR) is 165 cm³/mol. The van der Waals surface area contributed by atoms with Crippen molar-refractivity contribution in [2.75, 3.05) is 43.3 Å². The van der Waals surface area contributed by atoms with E-state index in [0.29, 0.717) is 36.5 Å². The number of carbonyl (C=O) groups excluding carboxylic acids is 1. The highest BCUT2D eigenvalue weighted by molar-refractivity contribution is 7.89. The number of anilines is 2. The van der Waals surface area contributed by atoms with Gasteiger partial charge >= 0.3 is 0 Å². The number of piperidine rings is 1. The lowest BCUT2D eigenvalue weighted by atomic mass is 9.84. The molecule has 43 heavy (non-hydrogen) atoms. The molecule has 0 saturated carbocycles. The first kappa shape index (κ1) is 31.2. The third kappa shape index (κ3) is 6.64. The van der Waals surface area contributed by atoms with E-state index in [2.05, 4.69) is 15.2 Å². The summed E-state index contributed by atoms with van der Waals surface area (Å²) in [4.78, 5) is 37.6. The number of methoxy groups -OCH3 is 1. The van der Waals surface area contributed by atoms with Crippen LogP contribution in [0.3, 0.4) is 0 Å². The third-order valence-electron chi connectivity index (χ3n) is 8.31. The molecule has 0 bridgehead atoms. The van der Waals surface area contributed by atoms with E-state index < -0.39 is 22.0 Å². The molecule has 0 aliphatic carbocycles. The molecule has 5 rings (SSSR count). The molecule has 12 nitrogen and oxygen atoms in total. The number of halogens is 1. The average molecular weight is 633 g/mol. The van der Waals surface area contributed by atoms with Crippen LogP contribution in [0.1, 0.15) is 60.3 Å². The maximum Gasteiger partial charge on any atom is 0.285 e. The molecule has 2 aliphatic rings. The second-order valence-corrected chi connectivity index (χ2v) is 13.6. The van der Waals surface area contributed by atoms with Crippen LogP contribution in [0.2, 0.25) is 5.15 Å². The van der Waals surface area contributed by atoms with Gasteiger partial charge < -0.3 is 19.7 Å². The molecule has 1 aromatic carbocycles. The standard InChI is InChI=1S/C29H37ClN6O6S/c1-17-14-20(18(2)31-22-6-7-23(30)32-25(22)26(37)34-43(5,39)40)24-21(15-17)27(38)35(3)28(33-24)36-12-10-29(11-13-36)9-8-19(41-4)16-42-29/h6-7,14-15,18-19,31H,8-13,16H2,1-5H3,(H,34,37)/t18-,19-/m1/s1. The SMILES string of the molecule is CO[C@@H]1CCC2(CCN(c3nc4c([C@@H](C)Nc5ccc(Cl)nc5C(=O)NS(C)(=O)=O)cc(C)cc4c(=O)n3C)CC2)OC1. The van der Waals surface area contributed by atoms with Crippen LogP contribution < -0.4 is 20.5 Å². The Bertz CT molecular complexity index is 1710. The van der Waals surface area contributed by atoms with Crippen molar-refractivity contribution in [3.63, 3.8) is 0 Å². The molecule has 2 saturated heterocycles. The summed E-state index contributed by atoms with van der Waals surface area (Å²) in [5.41, 5.74) is 1.94. The summed E-state index contributed by atoms with van der Waals surface area (Å²) in [6.45, 7) is 5.78. The zero-order valence-electron chi connectivity index (χ0n) is 24.9. The number of rotatable bonds is 7. The van der Waals surface area contributed by atoms with Crippen LogP contribution in [0.15, 0.2) is 29.1 Å². The predicted octanol–water partition coefficient (Wildman–Crippen LogP) is 3.32. The van der Waals surface area contributed by atoms with Gasteiger partial charge in [-0.25, -0.2) is 23.1 Å². The maximum absolute atomic E-state index is 13.7. The average Bonchev–Trinajstić information content (AvgIpc) is 2.96. The Kier molecular flexibility index (Phi) is 8.72. The van der Waals surface area contributed by atoms with Gasteiger partial charge in [0, 0.05) is 32.8 Å². The van der Waals surface area contributed by atoms with E-state index in [0.717, 1.165) is 43.1 Å². The summed E-state index contributed by atoms with van der Waals surface area (Å²) in [7, 11) is -0.373. The number of nitrogens with one attached hydrogen (secondary N) is 2. The van der Waals surface area contributed by atoms with Gasteiger partial charge in [0.25, 0.3) is 11.5 Å². The number of carbonyl (C=O) groups is 1. The summed E-state index contributed by atoms with van der Waals surface area (Å²) < 4.78 is 38.7. The van der Waals surface area contributed by atoms with Crippen LogP contribution in [0.25, 0.3) is 10.9 Å². The first-order chi connectivity index (χ1) is 20.3. The molecule has 0 unspecified atom stereocenters. The maximum atomic E-state index is 13.7. The molecule has 2 aliphatic heterocycles. The smallest absolute Gasteiger partial charge is 0.285 e. The molecule has 2 fully saturated rings. The van der Waals surface area contributed by atoms with Crippen molar-refractivity contribution in [2.24, 2.45) is 7.05 Å². The van der Waals surface area contributed by atoms with Gasteiger partial charge in [0.05, 0.1) is 47.2 Å². The molecular weight excluding hydrogens is 596 g/mol. The minimum atomic E-state index is -3.83. The number of fused-ring (bicyclic) bond motifs is 1. The van der Waals surface area contributed by atoms with Gasteiger partial charge in [0.15, 0.2) is 5.69 Å². The highest BCUT2D eigenvalue weighted by atomic mass is 35.5. The molecule has 1 amide bonds. The molecular formula is C29H37ClN6O6S. The van der Waals surface area contributed by atoms with E-state index >= 15 is 0 Å². The molecule has 3 aromatic rings. The van der Waals surface area contributed by atoms with Crippen LogP contribution in [-0.4, -0.2) is 73.6 Å². The number of nitrogens with zero attached hydrogens (tertiary/aromatic N) is 4. The van der Waals surface area contributed by atoms with Gasteiger partial charge in [-0.2, -0.15) is 0 Å². The molecule has 2 atom stereocenters. The van der Waals surface area contributed by atoms with E-state index in [9.17, 15) is 18.0 Å². The van der Waals surface area contributed by atoms with Crippen molar-refractivity contribution < 1.29 is 22.7 Å². The fourth-order valence-corrected chi connectivity index (χ4v) is 6.53. The summed E-state index contributed by atoms with van der Waals surface area (Å²) in [6.07, 6.45) is 4.60. The number of aryl methyl sites for hydroxylation is 1. The Balaban J connectivity index is 1.46. The normalized spacial score (nSPS) is 19.4. The lowest BCUT2D eigenvalue weighted by molar-refractivity contribution is -0.141. The first-order valence-corrected chi connectivity index (χ1v) is 16.4. The quantitative estimate of drug-likeness (QED) is 0.372. The largest absolute Gasteiger partial charge is 0.379 e. The molecule has 232 valence electrons. The van der Waals surface area contributed by atoms with Gasteiger partial charge in [-0.05, 0) is 63.3 Å². The van der Waals surface area contributed by atoms with Crippen molar-refractivity contribution in [2.45, 2.75) is 57.3 Å². The first-order valence-electron chi connectivity index (χ1n) is 14.2. The fourth-order valence-electron chi connectivity index (χ4n) is 5.95. The van der Waals surface area contributed by atoms with E-state index in [1.54, 1.807) is 24.8 Å². The molecule has 4 heterocycles. The number of aromatic nitrogens is 3. The third-order valence-corrected chi connectivity index (χ3v) is 9.08. The number of pyridine rings is 1. The second-order valence-electron chi connectivity index (χ2n) is 11.5. The highest BCUT2D eigenvalue weighted by Gasteiger charge is 2.40. The number of hydrogen-bond acceptors (Lipinski definition) is 10. The van der Waals surface area contributed by atoms with Crippen molar-refractivity contribution >= 4 is 50.1 Å². The Labute approximate surface area is 255 Å². The Morgan fingerprint density at radius 1 is 1.21 bits per heavy atom. The van der Waals surface area contributed by atoms with Gasteiger partial charge in [-0.3, -0.25) is 14.2 Å². The minimum Gasteiger partial charge on any atom is -0.379 e. The molecule has 1 spiro atoms. The van der Waals surface area contributed by atoms with Crippen molar-refractivity contribution in [1.29, 1.82) is 0 Å². The summed E-state index contributed by atoms with van der Waals surface area (Å²) in [6, 6.07) is 6.39. The Morgan fingerprint density at radius 3 is 2.56 bits per heavy atom. The number of benzene rings is 1. The Morgan fingerprint density at radius 2 is 1.93 bits per heavy atom. The summed E-state index contributed by atoms with van der Waals surface area (Å²) >= 11 is 6.04. The van der Waals surface area contributed by atoms with Crippen LogP contribution in [0.5, 0.6) is 0 Å². The van der Waals surface area contributed by atoms with Crippen molar-refractivity contribution in [3.8, 4) is 0 Å². The van der Waals surface area contributed by atoms with Gasteiger partial charge in [0.2, 0.25) is 16.0 Å². The minimum absolute atomic E-state index is 0.0353. The van der Waals surface area contributed by atoms with Crippen LogP contribution in [0, 0.1) is 6.92 Å². The monoisotopic (exact) mass is 632 g/mol. The summed E-state index contributed by atoms with van der Waals surface area (Å²) in [5, 5.41) is 3.77. The lowest BCUT2D eigenvalue weighted by Crippen LogP contribution is -2.51. The van der Waals surface area contributed by atoms with Crippen molar-refractivity contribution in [1.82, 2.24) is 19.3 Å². The van der Waals surface area contributed by atoms with E-state index in [1.165, 1.54) is 6.07 Å². The number of ether oxygens (including phenoxy) is 2. The molecule has 0 radical (unpaired) electrons. The van der Waals surface area contributed by atoms with Gasteiger partial charge in [-0.15, -0.1) is 0 Å². The van der Waals surface area contributed by atoms with Crippen LogP contribution in [0.4, 0.5) is 11.6 Å². The second kappa shape index (κ2) is 12.0. The number of amides is 1. The zero-order valence-corrected chi connectivity index (χ0v) is 26.5. The van der Waals surface area contributed by atoms with Gasteiger partial charge in [-0.1, -0.05) is 17.7 Å². The topological polar surface area (TPSA) is 145 Å². The lowest BCUT2D eigenvalue weighted by Gasteiger charge is -2.45. The van der Waals surface area contributed by atoms with E-state index in [-0.39, 0.29) is 33.8 Å². The molecule has 2 aromatic heterocycles. The van der Waals surface area contributed by atoms with E-state index in [4.69, 9.17) is 26.1 Å². The molecule has 14 heteroatoms. The van der Waals surface area contributed by atoms with E-state index in [1.807, 2.05) is 30.7 Å². The van der Waals surface area contributed by atoms with Crippen LogP contribution in [-0.2, 0) is 26.5 Å². The number of hydrogen-bond donors (Lipinski definition) is 2. The fraction of sp³-hybridized carbons (Fsp3) is 0.517. The Hall–Kier alpha value is -3.26. The number of sulfonamides is 1. The van der Waals surface area contributed by atoms with Crippen molar-refractivity contribution in [3.05, 3.63) is 56.6 Å². The summed E-state index contributed by atoms with van der Waals surface area (Å²) in [5.74, 6) is -0.331. The zero-order chi connectivity index (χ0) is 31.1. The van der Waals surface area contributed by atoms with Crippen LogP contribution >= 0.6 is 11.6 Å². The molecule has 2 N–H and O–H groups in total. The highest BCUT2D eigenvalue weighted by Crippen LogP contribution is 2.37. The van der Waals surface area contributed by atoms with Gasteiger partial charge in [0.1, 0.15) is 5.15 Å².